The Labute approximate surface area is 117 Å². The summed E-state index contributed by atoms with van der Waals surface area (Å²) in [7, 11) is 0. The molecule has 1 saturated heterocycles. The highest BCUT2D eigenvalue weighted by Crippen LogP contribution is 2.03. The Balaban J connectivity index is 2.13. The number of ether oxygens (including phenoxy) is 1. The predicted molar refractivity (Wildman–Crippen MR) is 77.2 cm³/mol. The van der Waals surface area contributed by atoms with Crippen molar-refractivity contribution < 1.29 is 9.53 Å². The van der Waals surface area contributed by atoms with Gasteiger partial charge in [0.2, 0.25) is 5.91 Å². The quantitative estimate of drug-likeness (QED) is 0.630. The van der Waals surface area contributed by atoms with Crippen LogP contribution in [0.15, 0.2) is 0 Å². The van der Waals surface area contributed by atoms with Crippen LogP contribution in [0.5, 0.6) is 0 Å². The number of nitrogens with one attached hydrogen (secondary N) is 2. The van der Waals surface area contributed by atoms with Crippen molar-refractivity contribution in [3.8, 4) is 0 Å². The molecule has 1 amide bonds. The Morgan fingerprint density at radius 1 is 1.47 bits per heavy atom. The van der Waals surface area contributed by atoms with Gasteiger partial charge in [0.15, 0.2) is 0 Å². The lowest BCUT2D eigenvalue weighted by molar-refractivity contribution is -0.122. The lowest BCUT2D eigenvalue weighted by Gasteiger charge is -2.33. The van der Waals surface area contributed by atoms with E-state index in [-0.39, 0.29) is 12.0 Å². The molecule has 112 valence electrons. The molecule has 0 unspecified atom stereocenters. The molecule has 5 heteroatoms. The molecular weight excluding hydrogens is 242 g/mol. The van der Waals surface area contributed by atoms with E-state index in [2.05, 4.69) is 29.4 Å². The third-order valence-corrected chi connectivity index (χ3v) is 3.23. The molecule has 1 rings (SSSR count). The Morgan fingerprint density at radius 3 is 2.95 bits per heavy atom. The van der Waals surface area contributed by atoms with E-state index in [0.29, 0.717) is 18.9 Å². The van der Waals surface area contributed by atoms with Crippen LogP contribution in [0.2, 0.25) is 0 Å². The van der Waals surface area contributed by atoms with Crippen molar-refractivity contribution in [2.75, 3.05) is 45.9 Å². The molecule has 0 bridgehead atoms. The average molecular weight is 271 g/mol. The summed E-state index contributed by atoms with van der Waals surface area (Å²) >= 11 is 0. The van der Waals surface area contributed by atoms with Gasteiger partial charge in [-0.3, -0.25) is 9.69 Å². The number of rotatable bonds is 8. The van der Waals surface area contributed by atoms with Crippen LogP contribution in [-0.4, -0.2) is 62.8 Å². The van der Waals surface area contributed by atoms with Crippen LogP contribution in [0, 0.1) is 5.92 Å². The molecule has 1 aliphatic rings. The van der Waals surface area contributed by atoms with Crippen molar-refractivity contribution in [1.29, 1.82) is 0 Å². The lowest BCUT2D eigenvalue weighted by atomic mass is 10.2. The first-order valence-electron chi connectivity index (χ1n) is 7.43. The van der Waals surface area contributed by atoms with E-state index >= 15 is 0 Å². The van der Waals surface area contributed by atoms with Gasteiger partial charge in [0.25, 0.3) is 0 Å². The Hall–Kier alpha value is -0.650. The summed E-state index contributed by atoms with van der Waals surface area (Å²) in [4.78, 5) is 13.6. The maximum Gasteiger partial charge on any atom is 0.219 e. The molecule has 19 heavy (non-hydrogen) atoms. The smallest absolute Gasteiger partial charge is 0.219 e. The molecule has 1 heterocycles. The molecule has 1 atom stereocenters. The largest absolute Gasteiger partial charge is 0.374 e. The minimum absolute atomic E-state index is 0.0966. The van der Waals surface area contributed by atoms with Gasteiger partial charge in [0.05, 0.1) is 12.7 Å². The predicted octanol–water partition coefficient (Wildman–Crippen LogP) is 0.459. The third kappa shape index (κ3) is 7.50. The molecule has 0 aromatic rings. The van der Waals surface area contributed by atoms with Gasteiger partial charge < -0.3 is 15.4 Å². The van der Waals surface area contributed by atoms with Crippen LogP contribution in [0.25, 0.3) is 0 Å². The summed E-state index contributed by atoms with van der Waals surface area (Å²) in [5, 5.41) is 6.35. The average Bonchev–Trinajstić information content (AvgIpc) is 2.41. The first-order chi connectivity index (χ1) is 9.11. The topological polar surface area (TPSA) is 53.6 Å². The standard InChI is InChI=1S/C14H29N3O2/c1-4-14(18)16-10-13-11-17(7-8-19-13)6-5-15-9-12(2)3/h12-13,15H,4-11H2,1-3H3,(H,16,18)/t13-/m1/s1. The van der Waals surface area contributed by atoms with Crippen LogP contribution >= 0.6 is 0 Å². The second-order valence-corrected chi connectivity index (χ2v) is 5.55. The molecule has 0 saturated carbocycles. The summed E-state index contributed by atoms with van der Waals surface area (Å²) in [6.07, 6.45) is 0.671. The van der Waals surface area contributed by atoms with Gasteiger partial charge in [-0.05, 0) is 12.5 Å². The van der Waals surface area contributed by atoms with Gasteiger partial charge in [-0.25, -0.2) is 0 Å². The van der Waals surface area contributed by atoms with E-state index < -0.39 is 0 Å². The number of nitrogens with zero attached hydrogens (tertiary/aromatic N) is 1. The van der Waals surface area contributed by atoms with Gasteiger partial charge in [0.1, 0.15) is 0 Å². The maximum absolute atomic E-state index is 11.2. The molecule has 0 aromatic heterocycles. The van der Waals surface area contributed by atoms with Crippen LogP contribution < -0.4 is 10.6 Å². The fourth-order valence-corrected chi connectivity index (χ4v) is 2.09. The molecule has 2 N–H and O–H groups in total. The summed E-state index contributed by atoms with van der Waals surface area (Å²) in [5.41, 5.74) is 0. The van der Waals surface area contributed by atoms with Crippen LogP contribution in [0.3, 0.4) is 0 Å². The number of carbonyl (C=O) groups is 1. The lowest BCUT2D eigenvalue weighted by Crippen LogP contribution is -2.49. The van der Waals surface area contributed by atoms with Gasteiger partial charge in [-0.1, -0.05) is 20.8 Å². The van der Waals surface area contributed by atoms with Gasteiger partial charge in [-0.2, -0.15) is 0 Å². The molecule has 0 radical (unpaired) electrons. The SMILES string of the molecule is CCC(=O)NC[C@@H]1CN(CCNCC(C)C)CCO1. The van der Waals surface area contributed by atoms with Crippen molar-refractivity contribution in [3.05, 3.63) is 0 Å². The third-order valence-electron chi connectivity index (χ3n) is 3.23. The summed E-state index contributed by atoms with van der Waals surface area (Å²) in [6, 6.07) is 0. The first-order valence-corrected chi connectivity index (χ1v) is 7.43. The highest BCUT2D eigenvalue weighted by atomic mass is 16.5. The van der Waals surface area contributed by atoms with Crippen molar-refractivity contribution in [3.63, 3.8) is 0 Å². The second kappa shape index (κ2) is 9.28. The van der Waals surface area contributed by atoms with Crippen LogP contribution in [0.4, 0.5) is 0 Å². The van der Waals surface area contributed by atoms with E-state index in [0.717, 1.165) is 39.3 Å². The summed E-state index contributed by atoms with van der Waals surface area (Å²) < 4.78 is 5.67. The minimum atomic E-state index is 0.0966. The Kier molecular flexibility index (Phi) is 8.02. The fourth-order valence-electron chi connectivity index (χ4n) is 2.09. The van der Waals surface area contributed by atoms with E-state index in [4.69, 9.17) is 4.74 Å². The fraction of sp³-hybridized carbons (Fsp3) is 0.929. The zero-order valence-corrected chi connectivity index (χ0v) is 12.6. The molecule has 0 aromatic carbocycles. The zero-order valence-electron chi connectivity index (χ0n) is 12.6. The summed E-state index contributed by atoms with van der Waals surface area (Å²) in [6.45, 7) is 12.7. The highest BCUT2D eigenvalue weighted by molar-refractivity contribution is 5.75. The van der Waals surface area contributed by atoms with Crippen molar-refractivity contribution in [2.24, 2.45) is 5.92 Å². The summed E-state index contributed by atoms with van der Waals surface area (Å²) in [5.74, 6) is 0.793. The van der Waals surface area contributed by atoms with E-state index in [1.807, 2.05) is 6.92 Å². The van der Waals surface area contributed by atoms with Gasteiger partial charge in [-0.15, -0.1) is 0 Å². The normalized spacial score (nSPS) is 20.7. The van der Waals surface area contributed by atoms with Crippen LogP contribution in [-0.2, 0) is 9.53 Å². The van der Waals surface area contributed by atoms with Gasteiger partial charge in [0, 0.05) is 39.1 Å². The monoisotopic (exact) mass is 271 g/mol. The molecule has 1 fully saturated rings. The van der Waals surface area contributed by atoms with Crippen LogP contribution in [0.1, 0.15) is 27.2 Å². The molecule has 0 aliphatic carbocycles. The van der Waals surface area contributed by atoms with E-state index in [9.17, 15) is 4.79 Å². The Morgan fingerprint density at radius 2 is 2.26 bits per heavy atom. The number of morpholine rings is 1. The second-order valence-electron chi connectivity index (χ2n) is 5.55. The number of hydrogen-bond donors (Lipinski definition) is 2. The highest BCUT2D eigenvalue weighted by Gasteiger charge is 2.20. The first kappa shape index (κ1) is 16.4. The molecule has 1 aliphatic heterocycles. The number of amides is 1. The number of carbonyl (C=O) groups excluding carboxylic acids is 1. The van der Waals surface area contributed by atoms with E-state index in [1.54, 1.807) is 0 Å². The Bertz CT molecular complexity index is 259. The zero-order chi connectivity index (χ0) is 14.1. The van der Waals surface area contributed by atoms with Gasteiger partial charge >= 0.3 is 0 Å². The molecule has 5 nitrogen and oxygen atoms in total. The van der Waals surface area contributed by atoms with Crippen molar-refractivity contribution in [1.82, 2.24) is 15.5 Å². The molecule has 0 spiro atoms. The minimum Gasteiger partial charge on any atom is -0.374 e. The van der Waals surface area contributed by atoms with Crippen molar-refractivity contribution >= 4 is 5.91 Å². The maximum atomic E-state index is 11.2. The van der Waals surface area contributed by atoms with E-state index in [1.165, 1.54) is 0 Å². The number of hydrogen-bond acceptors (Lipinski definition) is 4. The van der Waals surface area contributed by atoms with Crippen molar-refractivity contribution in [2.45, 2.75) is 33.3 Å². The molecular formula is C14H29N3O2.